The molecule has 0 bridgehead atoms. The molecule has 0 aliphatic carbocycles. The first-order chi connectivity index (χ1) is 6.68. The third kappa shape index (κ3) is 1.52. The van der Waals surface area contributed by atoms with Crippen LogP contribution >= 0.6 is 0 Å². The van der Waals surface area contributed by atoms with E-state index in [1.54, 1.807) is 0 Å². The van der Waals surface area contributed by atoms with Gasteiger partial charge in [-0.3, -0.25) is 0 Å². The summed E-state index contributed by atoms with van der Waals surface area (Å²) >= 11 is 0. The fourth-order valence-electron chi connectivity index (χ4n) is 1.69. The van der Waals surface area contributed by atoms with E-state index in [1.807, 2.05) is 12.1 Å². The van der Waals surface area contributed by atoms with Crippen molar-refractivity contribution in [1.82, 2.24) is 0 Å². The lowest BCUT2D eigenvalue weighted by Gasteiger charge is -2.17. The predicted molar refractivity (Wildman–Crippen MR) is 54.5 cm³/mol. The number of esters is 1. The molecule has 0 fully saturated rings. The van der Waals surface area contributed by atoms with Crippen molar-refractivity contribution < 1.29 is 9.53 Å². The topological polar surface area (TPSA) is 26.3 Å². The minimum Gasteiger partial charge on any atom is -0.462 e. The normalized spacial score (nSPS) is 15.2. The molecule has 0 saturated carbocycles. The highest BCUT2D eigenvalue weighted by atomic mass is 16.5. The Balaban J connectivity index is 2.46. The van der Waals surface area contributed by atoms with Crippen LogP contribution in [0.2, 0.25) is 0 Å². The second-order valence-corrected chi connectivity index (χ2v) is 3.96. The second kappa shape index (κ2) is 3.45. The van der Waals surface area contributed by atoms with Gasteiger partial charge in [-0.1, -0.05) is 26.0 Å². The molecule has 1 heterocycles. The van der Waals surface area contributed by atoms with Crippen molar-refractivity contribution in [3.8, 4) is 0 Å². The minimum atomic E-state index is -0.172. The molecule has 1 aromatic carbocycles. The van der Waals surface area contributed by atoms with E-state index in [9.17, 15) is 4.79 Å². The number of rotatable bonds is 1. The van der Waals surface area contributed by atoms with Crippen LogP contribution in [-0.4, -0.2) is 12.6 Å². The maximum Gasteiger partial charge on any atom is 0.338 e. The molecule has 0 amide bonds. The van der Waals surface area contributed by atoms with Gasteiger partial charge in [0.15, 0.2) is 0 Å². The summed E-state index contributed by atoms with van der Waals surface area (Å²) in [7, 11) is 0. The lowest BCUT2D eigenvalue weighted by molar-refractivity contribution is 0.0480. The van der Waals surface area contributed by atoms with Gasteiger partial charge in [0.1, 0.15) is 0 Å². The minimum absolute atomic E-state index is 0.172. The second-order valence-electron chi connectivity index (χ2n) is 3.96. The van der Waals surface area contributed by atoms with E-state index in [0.29, 0.717) is 12.5 Å². The van der Waals surface area contributed by atoms with Gasteiger partial charge in [0.2, 0.25) is 0 Å². The van der Waals surface area contributed by atoms with Crippen LogP contribution in [0.25, 0.3) is 0 Å². The number of cyclic esters (lactones) is 1. The average molecular weight is 190 g/mol. The van der Waals surface area contributed by atoms with E-state index in [2.05, 4.69) is 19.9 Å². The van der Waals surface area contributed by atoms with Gasteiger partial charge in [-0.25, -0.2) is 4.79 Å². The molecule has 2 nitrogen and oxygen atoms in total. The van der Waals surface area contributed by atoms with Crippen LogP contribution < -0.4 is 0 Å². The van der Waals surface area contributed by atoms with Gasteiger partial charge in [-0.2, -0.15) is 0 Å². The molecule has 74 valence electrons. The third-order valence-electron chi connectivity index (χ3n) is 2.63. The lowest BCUT2D eigenvalue weighted by atomic mass is 9.95. The highest BCUT2D eigenvalue weighted by molar-refractivity contribution is 5.92. The van der Waals surface area contributed by atoms with Crippen molar-refractivity contribution in [1.29, 1.82) is 0 Å². The number of carbonyl (C=O) groups excluding carboxylic acids is 1. The van der Waals surface area contributed by atoms with Crippen molar-refractivity contribution in [2.75, 3.05) is 6.61 Å². The molecule has 1 aliphatic rings. The van der Waals surface area contributed by atoms with Crippen LogP contribution in [0.15, 0.2) is 18.2 Å². The quantitative estimate of drug-likeness (QED) is 0.636. The van der Waals surface area contributed by atoms with Crippen molar-refractivity contribution in [3.63, 3.8) is 0 Å². The molecule has 0 spiro atoms. The van der Waals surface area contributed by atoms with E-state index in [1.165, 1.54) is 5.56 Å². The molecule has 0 N–H and O–H groups in total. The average Bonchev–Trinajstić information content (AvgIpc) is 2.18. The summed E-state index contributed by atoms with van der Waals surface area (Å²) in [4.78, 5) is 11.4. The first-order valence-corrected chi connectivity index (χ1v) is 4.98. The Morgan fingerprint density at radius 3 is 2.86 bits per heavy atom. The van der Waals surface area contributed by atoms with Crippen LogP contribution in [0.4, 0.5) is 0 Å². The third-order valence-corrected chi connectivity index (χ3v) is 2.63. The van der Waals surface area contributed by atoms with E-state index < -0.39 is 0 Å². The Kier molecular flexibility index (Phi) is 2.28. The number of benzene rings is 1. The van der Waals surface area contributed by atoms with Gasteiger partial charge in [0.05, 0.1) is 12.2 Å². The van der Waals surface area contributed by atoms with Gasteiger partial charge >= 0.3 is 5.97 Å². The fraction of sp³-hybridized carbons (Fsp3) is 0.417. The number of fused-ring (bicyclic) bond motifs is 1. The number of hydrogen-bond donors (Lipinski definition) is 0. The molecule has 0 radical (unpaired) electrons. The Morgan fingerprint density at radius 2 is 2.14 bits per heavy atom. The van der Waals surface area contributed by atoms with Crippen molar-refractivity contribution in [3.05, 3.63) is 34.9 Å². The number of hydrogen-bond acceptors (Lipinski definition) is 2. The molecule has 0 saturated heterocycles. The Labute approximate surface area is 83.9 Å². The summed E-state index contributed by atoms with van der Waals surface area (Å²) in [5.74, 6) is 0.281. The first-order valence-electron chi connectivity index (χ1n) is 4.98. The van der Waals surface area contributed by atoms with E-state index >= 15 is 0 Å². The molecule has 2 heteroatoms. The maximum absolute atomic E-state index is 11.4. The summed E-state index contributed by atoms with van der Waals surface area (Å²) in [6, 6.07) is 6.11. The molecule has 1 aromatic rings. The largest absolute Gasteiger partial charge is 0.462 e. The standard InChI is InChI=1S/C12H14O2/c1-8(2)10-4-3-9-5-6-14-12(13)11(9)7-10/h3-4,7-8H,5-6H2,1-2H3. The summed E-state index contributed by atoms with van der Waals surface area (Å²) in [5, 5.41) is 0. The van der Waals surface area contributed by atoms with Gasteiger partial charge in [0, 0.05) is 6.42 Å². The maximum atomic E-state index is 11.4. The SMILES string of the molecule is CC(C)c1ccc2c(c1)C(=O)OCC2. The zero-order chi connectivity index (χ0) is 10.1. The van der Waals surface area contributed by atoms with Crippen molar-refractivity contribution in [2.24, 2.45) is 0 Å². The summed E-state index contributed by atoms with van der Waals surface area (Å²) in [6.07, 6.45) is 0.847. The molecule has 14 heavy (non-hydrogen) atoms. The highest BCUT2D eigenvalue weighted by Crippen LogP contribution is 2.22. The number of ether oxygens (including phenoxy) is 1. The summed E-state index contributed by atoms with van der Waals surface area (Å²) in [5.41, 5.74) is 3.07. The summed E-state index contributed by atoms with van der Waals surface area (Å²) < 4.78 is 5.00. The Hall–Kier alpha value is -1.31. The molecule has 2 rings (SSSR count). The van der Waals surface area contributed by atoms with Crippen LogP contribution in [0.1, 0.15) is 41.3 Å². The zero-order valence-corrected chi connectivity index (χ0v) is 8.54. The molecule has 0 atom stereocenters. The van der Waals surface area contributed by atoms with Gasteiger partial charge in [0.25, 0.3) is 0 Å². The van der Waals surface area contributed by atoms with Crippen molar-refractivity contribution >= 4 is 5.97 Å². The summed E-state index contributed by atoms with van der Waals surface area (Å²) in [6.45, 7) is 4.76. The van der Waals surface area contributed by atoms with E-state index in [-0.39, 0.29) is 5.97 Å². The van der Waals surface area contributed by atoms with Crippen LogP contribution in [0, 0.1) is 0 Å². The Bertz CT molecular complexity index is 367. The van der Waals surface area contributed by atoms with Crippen molar-refractivity contribution in [2.45, 2.75) is 26.2 Å². The van der Waals surface area contributed by atoms with E-state index in [4.69, 9.17) is 4.74 Å². The molecular formula is C12H14O2. The van der Waals surface area contributed by atoms with Gasteiger partial charge in [-0.05, 0) is 23.1 Å². The monoisotopic (exact) mass is 190 g/mol. The molecule has 0 unspecified atom stereocenters. The molecule has 1 aliphatic heterocycles. The fourth-order valence-corrected chi connectivity index (χ4v) is 1.69. The predicted octanol–water partition coefficient (Wildman–Crippen LogP) is 2.52. The van der Waals surface area contributed by atoms with Crippen LogP contribution in [0.3, 0.4) is 0 Å². The van der Waals surface area contributed by atoms with Crippen LogP contribution in [0.5, 0.6) is 0 Å². The Morgan fingerprint density at radius 1 is 1.36 bits per heavy atom. The van der Waals surface area contributed by atoms with Gasteiger partial charge < -0.3 is 4.74 Å². The van der Waals surface area contributed by atoms with Gasteiger partial charge in [-0.15, -0.1) is 0 Å². The molecule has 0 aromatic heterocycles. The van der Waals surface area contributed by atoms with Crippen LogP contribution in [-0.2, 0) is 11.2 Å². The number of carbonyl (C=O) groups is 1. The van der Waals surface area contributed by atoms with E-state index in [0.717, 1.165) is 17.5 Å². The first kappa shape index (κ1) is 9.25. The zero-order valence-electron chi connectivity index (χ0n) is 8.54. The highest BCUT2D eigenvalue weighted by Gasteiger charge is 2.18. The smallest absolute Gasteiger partial charge is 0.338 e. The lowest BCUT2D eigenvalue weighted by Crippen LogP contribution is -2.17. The molecular weight excluding hydrogens is 176 g/mol.